The van der Waals surface area contributed by atoms with E-state index in [4.69, 9.17) is 4.74 Å². The van der Waals surface area contributed by atoms with Crippen molar-refractivity contribution in [2.24, 2.45) is 5.10 Å². The van der Waals surface area contributed by atoms with Crippen molar-refractivity contribution >= 4 is 40.5 Å². The topological polar surface area (TPSA) is 77.5 Å². The second-order valence-electron chi connectivity index (χ2n) is 7.43. The molecule has 0 aliphatic carbocycles. The van der Waals surface area contributed by atoms with Crippen LogP contribution in [-0.4, -0.2) is 62.2 Å². The zero-order valence-electron chi connectivity index (χ0n) is 17.3. The third-order valence-electron chi connectivity index (χ3n) is 5.15. The van der Waals surface area contributed by atoms with E-state index in [0.29, 0.717) is 11.4 Å². The molecule has 1 fully saturated rings. The highest BCUT2D eigenvalue weighted by atomic mass is 32.1. The number of cyclic esters (lactones) is 1. The number of amidine groups is 1. The van der Waals surface area contributed by atoms with Gasteiger partial charge in [0.2, 0.25) is 0 Å². The van der Waals surface area contributed by atoms with Crippen molar-refractivity contribution in [3.63, 3.8) is 0 Å². The maximum absolute atomic E-state index is 12.3. The molecule has 0 radical (unpaired) electrons. The molecule has 1 atom stereocenters. The highest BCUT2D eigenvalue weighted by molar-refractivity contribution is 7.13. The first-order valence-corrected chi connectivity index (χ1v) is 10.7. The molecule has 9 heteroatoms. The summed E-state index contributed by atoms with van der Waals surface area (Å²) >= 11 is 1.44. The van der Waals surface area contributed by atoms with Crippen molar-refractivity contribution < 1.29 is 14.3 Å². The van der Waals surface area contributed by atoms with Crippen molar-refractivity contribution in [2.45, 2.75) is 20.0 Å². The number of thiophene rings is 1. The number of hydrazone groups is 1. The Morgan fingerprint density at radius 3 is 2.47 bits per heavy atom. The first-order valence-electron chi connectivity index (χ1n) is 9.87. The summed E-state index contributed by atoms with van der Waals surface area (Å²) < 4.78 is 5.44. The van der Waals surface area contributed by atoms with E-state index < -0.39 is 6.09 Å². The molecule has 2 aliphatic heterocycles. The summed E-state index contributed by atoms with van der Waals surface area (Å²) in [6.45, 7) is 6.35. The Morgan fingerprint density at radius 1 is 1.13 bits per heavy atom. The number of hydrogen-bond donors (Lipinski definition) is 1. The minimum atomic E-state index is -0.397. The van der Waals surface area contributed by atoms with Crippen molar-refractivity contribution in [3.8, 4) is 0 Å². The maximum atomic E-state index is 12.3. The van der Waals surface area contributed by atoms with Crippen LogP contribution in [0.5, 0.6) is 0 Å². The number of carbonyl (C=O) groups is 2. The second kappa shape index (κ2) is 8.35. The lowest BCUT2D eigenvalue weighted by Gasteiger charge is -2.32. The summed E-state index contributed by atoms with van der Waals surface area (Å²) in [7, 11) is 1.96. The van der Waals surface area contributed by atoms with Gasteiger partial charge in [0.1, 0.15) is 11.9 Å². The Kier molecular flexibility index (Phi) is 5.63. The summed E-state index contributed by atoms with van der Waals surface area (Å²) in [5.41, 5.74) is 1.81. The SMILES string of the molecule is CC1=NN(C)CCN1c1ccc(N2C[C@H](CNC(=O)c3ccc(C)s3)OC2=O)cc1. The second-order valence-corrected chi connectivity index (χ2v) is 8.72. The van der Waals surface area contributed by atoms with Gasteiger partial charge in [-0.2, -0.15) is 5.10 Å². The van der Waals surface area contributed by atoms with E-state index in [2.05, 4.69) is 15.3 Å². The van der Waals surface area contributed by atoms with E-state index in [1.807, 2.05) is 56.2 Å². The van der Waals surface area contributed by atoms with E-state index in [0.717, 1.165) is 35.2 Å². The van der Waals surface area contributed by atoms with Gasteiger partial charge in [0.25, 0.3) is 5.91 Å². The first kappa shape index (κ1) is 20.2. The molecule has 1 saturated heterocycles. The number of anilines is 2. The van der Waals surface area contributed by atoms with E-state index in [-0.39, 0.29) is 18.6 Å². The molecule has 4 rings (SSSR count). The van der Waals surface area contributed by atoms with E-state index in [9.17, 15) is 9.59 Å². The van der Waals surface area contributed by atoms with Gasteiger partial charge in [-0.15, -0.1) is 11.3 Å². The van der Waals surface area contributed by atoms with Crippen LogP contribution in [0.15, 0.2) is 41.5 Å². The zero-order chi connectivity index (χ0) is 21.3. The summed E-state index contributed by atoms with van der Waals surface area (Å²) in [4.78, 5) is 30.0. The number of hydrogen-bond acceptors (Lipinski definition) is 7. The Balaban J connectivity index is 1.36. The van der Waals surface area contributed by atoms with Gasteiger partial charge in [-0.05, 0) is 50.2 Å². The fraction of sp³-hybridized carbons (Fsp3) is 0.381. The summed E-state index contributed by atoms with van der Waals surface area (Å²) in [6, 6.07) is 11.5. The van der Waals surface area contributed by atoms with Gasteiger partial charge in [-0.1, -0.05) is 0 Å². The van der Waals surface area contributed by atoms with Gasteiger partial charge in [0, 0.05) is 29.8 Å². The molecule has 8 nitrogen and oxygen atoms in total. The molecule has 0 saturated carbocycles. The number of likely N-dealkylation sites (N-methyl/N-ethyl adjacent to an activating group) is 1. The molecule has 3 heterocycles. The highest BCUT2D eigenvalue weighted by Gasteiger charge is 2.32. The number of benzene rings is 1. The van der Waals surface area contributed by atoms with Gasteiger partial charge < -0.3 is 15.0 Å². The molecular formula is C21H25N5O3S. The smallest absolute Gasteiger partial charge is 0.414 e. The summed E-state index contributed by atoms with van der Waals surface area (Å²) in [6.07, 6.45) is -0.777. The molecule has 30 heavy (non-hydrogen) atoms. The number of carbonyl (C=O) groups excluding carboxylic acids is 2. The van der Waals surface area contributed by atoms with Crippen molar-refractivity contribution in [1.29, 1.82) is 0 Å². The van der Waals surface area contributed by atoms with Crippen LogP contribution in [0, 0.1) is 6.92 Å². The first-order chi connectivity index (χ1) is 14.4. The van der Waals surface area contributed by atoms with E-state index in [1.54, 1.807) is 11.0 Å². The molecule has 158 valence electrons. The van der Waals surface area contributed by atoms with Crippen molar-refractivity contribution in [3.05, 3.63) is 46.2 Å². The number of ether oxygens (including phenoxy) is 1. The number of nitrogens with one attached hydrogen (secondary N) is 1. The molecule has 0 bridgehead atoms. The number of rotatable bonds is 5. The standard InChI is InChI=1S/C21H25N5O3S/c1-14-4-9-19(30-14)20(27)22-12-18-13-26(21(28)29-18)17-7-5-16(6-8-17)25-11-10-24(3)23-15(25)2/h4-9,18H,10-13H2,1-3H3,(H,22,27)/t18-/m0/s1. The van der Waals surface area contributed by atoms with Gasteiger partial charge in [0.05, 0.1) is 24.5 Å². The fourth-order valence-corrected chi connectivity index (χ4v) is 4.36. The van der Waals surface area contributed by atoms with Crippen LogP contribution in [0.25, 0.3) is 0 Å². The Hall–Kier alpha value is -3.07. The monoisotopic (exact) mass is 427 g/mol. The minimum absolute atomic E-state index is 0.142. The van der Waals surface area contributed by atoms with E-state index >= 15 is 0 Å². The number of amides is 2. The van der Waals surface area contributed by atoms with Crippen LogP contribution in [-0.2, 0) is 4.74 Å². The fourth-order valence-electron chi connectivity index (χ4n) is 3.57. The van der Waals surface area contributed by atoms with Crippen LogP contribution in [0.4, 0.5) is 16.2 Å². The third-order valence-corrected chi connectivity index (χ3v) is 6.15. The third kappa shape index (κ3) is 4.25. The number of nitrogens with zero attached hydrogens (tertiary/aromatic N) is 4. The van der Waals surface area contributed by atoms with Crippen molar-refractivity contribution in [1.82, 2.24) is 10.3 Å². The zero-order valence-corrected chi connectivity index (χ0v) is 18.1. The molecule has 0 spiro atoms. The van der Waals surface area contributed by atoms with Crippen LogP contribution in [0.2, 0.25) is 0 Å². The summed E-state index contributed by atoms with van der Waals surface area (Å²) in [5, 5.41) is 9.26. The van der Waals surface area contributed by atoms with E-state index in [1.165, 1.54) is 11.3 Å². The summed E-state index contributed by atoms with van der Waals surface area (Å²) in [5.74, 6) is 0.796. The average molecular weight is 428 g/mol. The lowest BCUT2D eigenvalue weighted by Crippen LogP contribution is -2.41. The van der Waals surface area contributed by atoms with Gasteiger partial charge >= 0.3 is 6.09 Å². The van der Waals surface area contributed by atoms with Crippen LogP contribution in [0.1, 0.15) is 21.5 Å². The molecule has 1 aromatic carbocycles. The lowest BCUT2D eigenvalue weighted by atomic mass is 10.2. The van der Waals surface area contributed by atoms with Gasteiger partial charge in [-0.3, -0.25) is 14.7 Å². The molecule has 2 amide bonds. The van der Waals surface area contributed by atoms with Crippen LogP contribution in [0.3, 0.4) is 0 Å². The minimum Gasteiger partial charge on any atom is -0.442 e. The Morgan fingerprint density at radius 2 is 1.83 bits per heavy atom. The van der Waals surface area contributed by atoms with Gasteiger partial charge in [-0.25, -0.2) is 4.79 Å². The molecular weight excluding hydrogens is 402 g/mol. The van der Waals surface area contributed by atoms with Crippen molar-refractivity contribution in [2.75, 3.05) is 43.0 Å². The lowest BCUT2D eigenvalue weighted by molar-refractivity contribution is 0.0920. The van der Waals surface area contributed by atoms with Crippen LogP contribution < -0.4 is 15.1 Å². The van der Waals surface area contributed by atoms with Crippen LogP contribution >= 0.6 is 11.3 Å². The average Bonchev–Trinajstić information content (AvgIpc) is 3.32. The predicted molar refractivity (Wildman–Crippen MR) is 119 cm³/mol. The largest absolute Gasteiger partial charge is 0.442 e. The molecule has 1 aromatic heterocycles. The maximum Gasteiger partial charge on any atom is 0.414 e. The molecule has 2 aromatic rings. The quantitative estimate of drug-likeness (QED) is 0.794. The van der Waals surface area contributed by atoms with Gasteiger partial charge in [0.15, 0.2) is 0 Å². The number of aryl methyl sites for hydroxylation is 1. The Labute approximate surface area is 179 Å². The molecule has 1 N–H and O–H groups in total. The molecule has 2 aliphatic rings. The Bertz CT molecular complexity index is 971. The predicted octanol–water partition coefficient (Wildman–Crippen LogP) is 2.90. The normalized spacial score (nSPS) is 19.0. The molecule has 0 unspecified atom stereocenters. The highest BCUT2D eigenvalue weighted by Crippen LogP contribution is 2.26.